The van der Waals surface area contributed by atoms with Crippen LogP contribution >= 0.6 is 46.4 Å². The Bertz CT molecular complexity index is 1540. The van der Waals surface area contributed by atoms with Gasteiger partial charge < -0.3 is 0 Å². The molecule has 2 aromatic carbocycles. The van der Waals surface area contributed by atoms with Crippen molar-refractivity contribution in [1.82, 2.24) is 19.2 Å². The van der Waals surface area contributed by atoms with E-state index < -0.39 is 0 Å². The van der Waals surface area contributed by atoms with Crippen LogP contribution in [0.2, 0.25) is 20.1 Å². The summed E-state index contributed by atoms with van der Waals surface area (Å²) in [5.41, 5.74) is 3.05. The van der Waals surface area contributed by atoms with Crippen LogP contribution in [0.4, 0.5) is 0 Å². The van der Waals surface area contributed by atoms with Crippen LogP contribution in [-0.4, -0.2) is 19.2 Å². The van der Waals surface area contributed by atoms with Gasteiger partial charge in [0.15, 0.2) is 0 Å². The van der Waals surface area contributed by atoms with Gasteiger partial charge in [0, 0.05) is 22.8 Å². The largest absolute Gasteiger partial charge is 0.298 e. The summed E-state index contributed by atoms with van der Waals surface area (Å²) in [4.78, 5) is 17.4. The Kier molecular flexibility index (Phi) is 5.43. The van der Waals surface area contributed by atoms with Crippen molar-refractivity contribution in [1.29, 1.82) is 0 Å². The van der Waals surface area contributed by atoms with Crippen molar-refractivity contribution < 1.29 is 0 Å². The number of para-hydroxylation sites is 1. The molecule has 0 bridgehead atoms. The Morgan fingerprint density at radius 1 is 0.781 bits per heavy atom. The number of hydrogen-bond acceptors (Lipinski definition) is 3. The van der Waals surface area contributed by atoms with E-state index >= 15 is 0 Å². The molecular formula is C23H12Cl4N4O. The second kappa shape index (κ2) is 8.26. The molecule has 5 aromatic rings. The lowest BCUT2D eigenvalue weighted by molar-refractivity contribution is 0.810. The average molecular weight is 502 g/mol. The molecule has 0 saturated carbocycles. The SMILES string of the molecule is O=c1ccc(-c2c(-c3ccc(Cl)cc3Cl)nc3ccccn23)nn1-c1c(Cl)cccc1Cl. The maximum atomic E-state index is 12.7. The van der Waals surface area contributed by atoms with E-state index in [4.69, 9.17) is 51.4 Å². The van der Waals surface area contributed by atoms with E-state index in [9.17, 15) is 4.79 Å². The van der Waals surface area contributed by atoms with Crippen molar-refractivity contribution >= 4 is 52.1 Å². The molecule has 0 aliphatic heterocycles. The third kappa shape index (κ3) is 3.57. The number of rotatable bonds is 3. The van der Waals surface area contributed by atoms with E-state index in [-0.39, 0.29) is 5.56 Å². The van der Waals surface area contributed by atoms with E-state index in [0.717, 1.165) is 0 Å². The van der Waals surface area contributed by atoms with Gasteiger partial charge in [0.05, 0.1) is 15.1 Å². The summed E-state index contributed by atoms with van der Waals surface area (Å²) in [7, 11) is 0. The van der Waals surface area contributed by atoms with Gasteiger partial charge in [-0.2, -0.15) is 9.78 Å². The lowest BCUT2D eigenvalue weighted by atomic mass is 10.1. The van der Waals surface area contributed by atoms with Crippen molar-refractivity contribution in [2.24, 2.45) is 0 Å². The van der Waals surface area contributed by atoms with Gasteiger partial charge in [0.2, 0.25) is 0 Å². The topological polar surface area (TPSA) is 52.2 Å². The second-order valence-electron chi connectivity index (χ2n) is 6.90. The minimum absolute atomic E-state index is 0.308. The number of pyridine rings is 1. The molecular weight excluding hydrogens is 490 g/mol. The van der Waals surface area contributed by atoms with Crippen molar-refractivity contribution in [3.8, 4) is 28.3 Å². The highest BCUT2D eigenvalue weighted by Gasteiger charge is 2.21. The fraction of sp³-hybridized carbons (Fsp3) is 0. The van der Waals surface area contributed by atoms with E-state index in [1.165, 1.54) is 10.7 Å². The zero-order valence-corrected chi connectivity index (χ0v) is 19.2. The van der Waals surface area contributed by atoms with E-state index in [2.05, 4.69) is 5.10 Å². The summed E-state index contributed by atoms with van der Waals surface area (Å²) in [6, 6.07) is 18.9. The summed E-state index contributed by atoms with van der Waals surface area (Å²) in [6.45, 7) is 0. The summed E-state index contributed by atoms with van der Waals surface area (Å²) >= 11 is 25.3. The van der Waals surface area contributed by atoms with Gasteiger partial charge in [-0.15, -0.1) is 0 Å². The predicted molar refractivity (Wildman–Crippen MR) is 129 cm³/mol. The normalized spacial score (nSPS) is 11.2. The van der Waals surface area contributed by atoms with Gasteiger partial charge >= 0.3 is 0 Å². The highest BCUT2D eigenvalue weighted by molar-refractivity contribution is 6.38. The van der Waals surface area contributed by atoms with Crippen LogP contribution in [-0.2, 0) is 0 Å². The standard InChI is InChI=1S/C23H12Cl4N4O/c24-13-7-8-14(17(27)12-13)21-23(30-11-2-1-6-19(30)28-21)18-9-10-20(32)31(29-18)22-15(25)4-3-5-16(22)26/h1-12H. The molecule has 0 amide bonds. The Hall–Kier alpha value is -2.83. The first-order chi connectivity index (χ1) is 15.4. The lowest BCUT2D eigenvalue weighted by Gasteiger charge is -2.11. The zero-order valence-electron chi connectivity index (χ0n) is 16.1. The molecule has 32 heavy (non-hydrogen) atoms. The van der Waals surface area contributed by atoms with Gasteiger partial charge in [0.25, 0.3) is 5.56 Å². The van der Waals surface area contributed by atoms with Crippen LogP contribution in [0.3, 0.4) is 0 Å². The van der Waals surface area contributed by atoms with Gasteiger partial charge in [-0.25, -0.2) is 4.98 Å². The molecule has 3 aromatic heterocycles. The molecule has 0 N–H and O–H groups in total. The molecule has 0 spiro atoms. The first-order valence-corrected chi connectivity index (χ1v) is 10.9. The van der Waals surface area contributed by atoms with Crippen LogP contribution in [0.25, 0.3) is 34.0 Å². The zero-order chi connectivity index (χ0) is 22.4. The number of nitrogens with zero attached hydrogens (tertiary/aromatic N) is 4. The molecule has 3 heterocycles. The highest BCUT2D eigenvalue weighted by atomic mass is 35.5. The van der Waals surface area contributed by atoms with Crippen molar-refractivity contribution in [2.75, 3.05) is 0 Å². The quantitative estimate of drug-likeness (QED) is 0.272. The maximum absolute atomic E-state index is 12.7. The summed E-state index contributed by atoms with van der Waals surface area (Å²) in [5.74, 6) is 0. The molecule has 9 heteroatoms. The number of fused-ring (bicyclic) bond motifs is 1. The third-order valence-electron chi connectivity index (χ3n) is 4.91. The summed E-state index contributed by atoms with van der Waals surface area (Å²) in [5, 5.41) is 6.18. The Balaban J connectivity index is 1.82. The first-order valence-electron chi connectivity index (χ1n) is 9.41. The van der Waals surface area contributed by atoms with Crippen LogP contribution in [0.1, 0.15) is 0 Å². The smallest absolute Gasteiger partial charge is 0.271 e. The monoisotopic (exact) mass is 500 g/mol. The molecule has 158 valence electrons. The molecule has 0 radical (unpaired) electrons. The Labute approximate surface area is 202 Å². The molecule has 5 nitrogen and oxygen atoms in total. The number of benzene rings is 2. The lowest BCUT2D eigenvalue weighted by Crippen LogP contribution is -2.21. The Morgan fingerprint density at radius 3 is 2.31 bits per heavy atom. The maximum Gasteiger partial charge on any atom is 0.271 e. The van der Waals surface area contributed by atoms with Gasteiger partial charge in [-0.05, 0) is 48.5 Å². The first kappa shape index (κ1) is 21.0. The third-order valence-corrected chi connectivity index (χ3v) is 6.07. The van der Waals surface area contributed by atoms with Crippen LogP contribution in [0.5, 0.6) is 0 Å². The number of imidazole rings is 1. The van der Waals surface area contributed by atoms with E-state index in [1.807, 2.05) is 28.8 Å². The van der Waals surface area contributed by atoms with Crippen molar-refractivity contribution in [3.63, 3.8) is 0 Å². The molecule has 0 atom stereocenters. The van der Waals surface area contributed by atoms with Crippen molar-refractivity contribution in [3.05, 3.63) is 103 Å². The number of halogens is 4. The molecule has 0 unspecified atom stereocenters. The number of hydrogen-bond donors (Lipinski definition) is 0. The Morgan fingerprint density at radius 2 is 1.56 bits per heavy atom. The number of aromatic nitrogens is 4. The fourth-order valence-corrected chi connectivity index (χ4v) is 4.55. The fourth-order valence-electron chi connectivity index (χ4n) is 3.50. The molecule has 0 aliphatic carbocycles. The highest BCUT2D eigenvalue weighted by Crippen LogP contribution is 2.37. The van der Waals surface area contributed by atoms with E-state index in [1.54, 1.807) is 42.5 Å². The molecule has 0 aliphatic rings. The minimum atomic E-state index is -0.372. The van der Waals surface area contributed by atoms with Crippen molar-refractivity contribution in [2.45, 2.75) is 0 Å². The van der Waals surface area contributed by atoms with Crippen LogP contribution in [0, 0.1) is 0 Å². The van der Waals surface area contributed by atoms with Gasteiger partial charge in [-0.3, -0.25) is 9.20 Å². The van der Waals surface area contributed by atoms with Gasteiger partial charge in [0.1, 0.15) is 28.4 Å². The predicted octanol–water partition coefficient (Wildman–Crippen LogP) is 6.83. The second-order valence-corrected chi connectivity index (χ2v) is 8.56. The van der Waals surface area contributed by atoms with Crippen LogP contribution < -0.4 is 5.56 Å². The van der Waals surface area contributed by atoms with Crippen LogP contribution in [0.15, 0.2) is 77.7 Å². The van der Waals surface area contributed by atoms with E-state index in [0.29, 0.717) is 54.1 Å². The summed E-state index contributed by atoms with van der Waals surface area (Å²) < 4.78 is 3.07. The molecule has 0 fully saturated rings. The van der Waals surface area contributed by atoms with Gasteiger partial charge in [-0.1, -0.05) is 58.5 Å². The summed E-state index contributed by atoms with van der Waals surface area (Å²) in [6.07, 6.45) is 1.87. The average Bonchev–Trinajstić information content (AvgIpc) is 3.14. The molecule has 5 rings (SSSR count). The molecule has 0 saturated heterocycles. The minimum Gasteiger partial charge on any atom is -0.298 e.